The van der Waals surface area contributed by atoms with E-state index in [0.717, 1.165) is 54.8 Å². The van der Waals surface area contributed by atoms with Crippen LogP contribution in [0.5, 0.6) is 11.5 Å². The highest BCUT2D eigenvalue weighted by Crippen LogP contribution is 2.39. The molecule has 5 rings (SSSR count). The first-order chi connectivity index (χ1) is 16.1. The summed E-state index contributed by atoms with van der Waals surface area (Å²) in [6, 6.07) is 16.4. The van der Waals surface area contributed by atoms with E-state index in [-0.39, 0.29) is 12.0 Å². The second-order valence-electron chi connectivity index (χ2n) is 8.34. The van der Waals surface area contributed by atoms with Gasteiger partial charge in [-0.05, 0) is 48.0 Å². The lowest BCUT2D eigenvalue weighted by Gasteiger charge is -2.35. The van der Waals surface area contributed by atoms with Gasteiger partial charge in [-0.15, -0.1) is 0 Å². The van der Waals surface area contributed by atoms with Crippen molar-refractivity contribution in [2.75, 3.05) is 33.3 Å². The molecule has 170 valence electrons. The number of thioether (sulfide) groups is 1. The first-order valence-corrected chi connectivity index (χ1v) is 12.0. The summed E-state index contributed by atoms with van der Waals surface area (Å²) in [6.45, 7) is 6.59. The number of methoxy groups -OCH3 is 1. The average molecular weight is 462 g/mol. The number of carbonyl (C=O) groups excluding carboxylic acids is 1. The first kappa shape index (κ1) is 21.8. The topological polar surface area (TPSA) is 54.4 Å². The van der Waals surface area contributed by atoms with Crippen molar-refractivity contribution in [1.82, 2.24) is 9.80 Å². The molecule has 1 atom stereocenters. The molecule has 3 aliphatic heterocycles. The van der Waals surface area contributed by atoms with Gasteiger partial charge in [0.2, 0.25) is 0 Å². The van der Waals surface area contributed by atoms with Gasteiger partial charge in [0.05, 0.1) is 12.0 Å². The van der Waals surface area contributed by atoms with E-state index < -0.39 is 0 Å². The molecule has 0 aromatic heterocycles. The van der Waals surface area contributed by atoms with Crippen molar-refractivity contribution in [3.63, 3.8) is 0 Å². The highest BCUT2D eigenvalue weighted by atomic mass is 32.2. The smallest absolute Gasteiger partial charge is 0.286 e. The third-order valence-corrected chi connectivity index (χ3v) is 7.16. The number of carbonyl (C=O) groups is 1. The van der Waals surface area contributed by atoms with Crippen LogP contribution >= 0.6 is 11.8 Å². The van der Waals surface area contributed by atoms with E-state index in [2.05, 4.69) is 45.1 Å². The number of ether oxygens (including phenoxy) is 2. The minimum absolute atomic E-state index is 0.175. The van der Waals surface area contributed by atoms with Gasteiger partial charge in [0.15, 0.2) is 16.7 Å². The molecule has 7 heteroatoms. The van der Waals surface area contributed by atoms with Gasteiger partial charge >= 0.3 is 0 Å². The number of amidine groups is 1. The number of hydrogen-bond donors (Lipinski definition) is 0. The molecule has 0 saturated carbocycles. The minimum Gasteiger partial charge on any atom is -0.493 e. The molecule has 2 aromatic rings. The first-order valence-electron chi connectivity index (χ1n) is 11.2. The molecule has 3 aliphatic rings. The van der Waals surface area contributed by atoms with Gasteiger partial charge in [-0.2, -0.15) is 4.99 Å². The highest BCUT2D eigenvalue weighted by Gasteiger charge is 2.30. The van der Waals surface area contributed by atoms with Crippen LogP contribution in [0.15, 0.2) is 70.1 Å². The zero-order valence-corrected chi connectivity index (χ0v) is 19.7. The maximum Gasteiger partial charge on any atom is 0.286 e. The van der Waals surface area contributed by atoms with Crippen LogP contribution in [0.4, 0.5) is 0 Å². The lowest BCUT2D eigenvalue weighted by atomic mass is 10.0. The van der Waals surface area contributed by atoms with E-state index in [1.165, 1.54) is 17.3 Å². The Morgan fingerprint density at radius 3 is 2.67 bits per heavy atom. The normalized spacial score (nSPS) is 22.0. The number of para-hydroxylation sites is 1. The van der Waals surface area contributed by atoms with E-state index in [1.807, 2.05) is 37.3 Å². The Balaban J connectivity index is 1.24. The van der Waals surface area contributed by atoms with Crippen molar-refractivity contribution in [3.8, 4) is 11.5 Å². The van der Waals surface area contributed by atoms with Gasteiger partial charge in [-0.25, -0.2) is 0 Å². The zero-order chi connectivity index (χ0) is 22.8. The second kappa shape index (κ2) is 9.45. The van der Waals surface area contributed by atoms with E-state index in [1.54, 1.807) is 7.11 Å². The summed E-state index contributed by atoms with van der Waals surface area (Å²) in [6.07, 6.45) is 3.80. The molecule has 0 radical (unpaired) electrons. The Morgan fingerprint density at radius 2 is 1.91 bits per heavy atom. The number of benzene rings is 2. The maximum absolute atomic E-state index is 12.7. The molecule has 0 bridgehead atoms. The molecule has 2 aromatic carbocycles. The summed E-state index contributed by atoms with van der Waals surface area (Å²) >= 11 is 1.46. The molecule has 0 N–H and O–H groups in total. The Hall–Kier alpha value is -3.03. The average Bonchev–Trinajstić information content (AvgIpc) is 3.20. The summed E-state index contributed by atoms with van der Waals surface area (Å²) in [7, 11) is 1.64. The number of amides is 1. The number of fused-ring (bicyclic) bond motifs is 1. The van der Waals surface area contributed by atoms with E-state index in [4.69, 9.17) is 9.47 Å². The molecule has 6 nitrogen and oxygen atoms in total. The Morgan fingerprint density at radius 1 is 1.12 bits per heavy atom. The third-order valence-electron chi connectivity index (χ3n) is 6.11. The number of nitrogens with zero attached hydrogens (tertiary/aromatic N) is 3. The van der Waals surface area contributed by atoms with Crippen LogP contribution in [-0.4, -0.2) is 60.3 Å². The largest absolute Gasteiger partial charge is 0.493 e. The number of rotatable bonds is 4. The molecule has 1 fully saturated rings. The van der Waals surface area contributed by atoms with Crippen molar-refractivity contribution in [1.29, 1.82) is 0 Å². The van der Waals surface area contributed by atoms with E-state index in [9.17, 15) is 4.79 Å². The van der Waals surface area contributed by atoms with Gasteiger partial charge < -0.3 is 14.4 Å². The molecule has 33 heavy (non-hydrogen) atoms. The second-order valence-corrected chi connectivity index (χ2v) is 9.35. The monoisotopic (exact) mass is 461 g/mol. The van der Waals surface area contributed by atoms with Gasteiger partial charge in [-0.1, -0.05) is 42.5 Å². The number of piperazine rings is 1. The van der Waals surface area contributed by atoms with Gasteiger partial charge in [0.25, 0.3) is 5.91 Å². The fraction of sp³-hybridized carbons (Fsp3) is 0.308. The van der Waals surface area contributed by atoms with Gasteiger partial charge in [0.1, 0.15) is 6.10 Å². The summed E-state index contributed by atoms with van der Waals surface area (Å²) in [5.74, 6) is 1.28. The minimum atomic E-state index is -0.180. The molecule has 0 spiro atoms. The molecule has 1 amide bonds. The van der Waals surface area contributed by atoms with Crippen LogP contribution < -0.4 is 9.47 Å². The van der Waals surface area contributed by atoms with Crippen LogP contribution in [-0.2, 0) is 11.3 Å². The number of hydrogen-bond acceptors (Lipinski definition) is 6. The highest BCUT2D eigenvalue weighted by molar-refractivity contribution is 8.18. The summed E-state index contributed by atoms with van der Waals surface area (Å²) < 4.78 is 11.5. The van der Waals surface area contributed by atoms with Crippen LogP contribution in [0.25, 0.3) is 6.08 Å². The lowest BCUT2D eigenvalue weighted by Crippen LogP contribution is -2.47. The fourth-order valence-electron chi connectivity index (χ4n) is 4.26. The molecule has 1 saturated heterocycles. The summed E-state index contributed by atoms with van der Waals surface area (Å²) in [4.78, 5) is 22.3. The van der Waals surface area contributed by atoms with Crippen molar-refractivity contribution in [2.24, 2.45) is 4.99 Å². The van der Waals surface area contributed by atoms with Crippen molar-refractivity contribution in [3.05, 3.63) is 76.2 Å². The fourth-order valence-corrected chi connectivity index (χ4v) is 5.22. The van der Waals surface area contributed by atoms with Crippen LogP contribution in [0.1, 0.15) is 18.1 Å². The summed E-state index contributed by atoms with van der Waals surface area (Å²) in [5, 5.41) is 0.803. The molecule has 3 heterocycles. The molecule has 1 unspecified atom stereocenters. The van der Waals surface area contributed by atoms with Crippen LogP contribution in [0.2, 0.25) is 0 Å². The summed E-state index contributed by atoms with van der Waals surface area (Å²) in [5.41, 5.74) is 3.23. The zero-order valence-electron chi connectivity index (χ0n) is 18.9. The Bertz CT molecular complexity index is 1130. The standard InChI is InChI=1S/C26H27N3O3S/c1-18-21(15-20-9-6-10-22(31-2)24(20)32-18)16-23-25(30)27-26(33-23)29-13-11-28(12-14-29)17-19-7-4-3-5-8-19/h3-10,15-16,18H,11-14,17H2,1-2H3. The van der Waals surface area contributed by atoms with Crippen molar-refractivity contribution < 1.29 is 14.3 Å². The molecule has 0 aliphatic carbocycles. The molecular weight excluding hydrogens is 434 g/mol. The van der Waals surface area contributed by atoms with Crippen molar-refractivity contribution >= 4 is 28.9 Å². The van der Waals surface area contributed by atoms with Gasteiger partial charge in [0, 0.05) is 38.3 Å². The number of aliphatic imine (C=N–C) groups is 1. The third kappa shape index (κ3) is 4.70. The van der Waals surface area contributed by atoms with Crippen LogP contribution in [0, 0.1) is 0 Å². The molecular formula is C26H27N3O3S. The van der Waals surface area contributed by atoms with E-state index >= 15 is 0 Å². The quantitative estimate of drug-likeness (QED) is 0.637. The van der Waals surface area contributed by atoms with E-state index in [0.29, 0.717) is 10.7 Å². The van der Waals surface area contributed by atoms with Crippen molar-refractivity contribution in [2.45, 2.75) is 19.6 Å². The Labute approximate surface area is 198 Å². The van der Waals surface area contributed by atoms with Gasteiger partial charge in [-0.3, -0.25) is 9.69 Å². The maximum atomic E-state index is 12.7. The predicted octanol–water partition coefficient (Wildman–Crippen LogP) is 4.19. The van der Waals surface area contributed by atoms with Crippen LogP contribution in [0.3, 0.4) is 0 Å². The Kier molecular flexibility index (Phi) is 6.24. The SMILES string of the molecule is COc1cccc2c1OC(C)C(C=C1SC(N3CCN(Cc4ccccc4)CC3)=NC1=O)=C2. The lowest BCUT2D eigenvalue weighted by molar-refractivity contribution is -0.113. The predicted molar refractivity (Wildman–Crippen MR) is 132 cm³/mol.